The fourth-order valence-electron chi connectivity index (χ4n) is 8.34. The third-order valence-electron chi connectivity index (χ3n) is 10.2. The Kier molecular flexibility index (Phi) is 7.88. The number of nitrogens with one attached hydrogen (secondary N) is 1. The second-order valence-electron chi connectivity index (χ2n) is 12.6. The van der Waals surface area contributed by atoms with Crippen molar-refractivity contribution < 1.29 is 28.6 Å². The van der Waals surface area contributed by atoms with E-state index in [9.17, 15) is 19.2 Å². The maximum atomic E-state index is 14.1. The smallest absolute Gasteiger partial charge is 0.338 e. The van der Waals surface area contributed by atoms with Gasteiger partial charge in [0.25, 0.3) is 0 Å². The highest BCUT2D eigenvalue weighted by Gasteiger charge is 2.69. The van der Waals surface area contributed by atoms with Crippen LogP contribution in [0.4, 0.5) is 5.69 Å². The number of imide groups is 1. The number of aromatic amines is 1. The van der Waals surface area contributed by atoms with Crippen LogP contribution in [0.5, 0.6) is 11.5 Å². The molecule has 246 valence electrons. The third-order valence-corrected chi connectivity index (χ3v) is 13.1. The summed E-state index contributed by atoms with van der Waals surface area (Å²) in [6.07, 6.45) is 0.778. The average Bonchev–Trinajstić information content (AvgIpc) is 3.83. The first kappa shape index (κ1) is 31.2. The lowest BCUT2D eigenvalue weighted by atomic mass is 9.68. The SMILES string of the molecule is CCOC(=O)c1ccc(N2C(=O)C3C4CC(C3C2=O)C2C4Sc3[nH]c(=O)sc3[C@@H]2c2ccc(OCc3ccc(Cl)cc3)c(OC)c2)cc1. The van der Waals surface area contributed by atoms with Gasteiger partial charge in [-0.3, -0.25) is 19.3 Å². The second-order valence-corrected chi connectivity index (χ2v) is 15.2. The predicted molar refractivity (Wildman–Crippen MR) is 182 cm³/mol. The van der Waals surface area contributed by atoms with Gasteiger partial charge in [0.05, 0.1) is 41.8 Å². The van der Waals surface area contributed by atoms with Crippen LogP contribution in [0.2, 0.25) is 5.02 Å². The highest BCUT2D eigenvalue weighted by molar-refractivity contribution is 8.00. The number of amides is 2. The van der Waals surface area contributed by atoms with Crippen LogP contribution in [-0.2, 0) is 20.9 Å². The van der Waals surface area contributed by atoms with E-state index in [0.717, 1.165) is 27.5 Å². The van der Waals surface area contributed by atoms with E-state index in [0.29, 0.717) is 34.4 Å². The molecule has 48 heavy (non-hydrogen) atoms. The van der Waals surface area contributed by atoms with Gasteiger partial charge in [-0.15, -0.1) is 11.8 Å². The summed E-state index contributed by atoms with van der Waals surface area (Å²) in [5.74, 6) is -0.720. The minimum absolute atomic E-state index is 0.0156. The van der Waals surface area contributed by atoms with E-state index in [1.54, 1.807) is 50.1 Å². The van der Waals surface area contributed by atoms with Crippen LogP contribution in [0, 0.1) is 29.6 Å². The maximum Gasteiger partial charge on any atom is 0.338 e. The zero-order valence-corrected chi connectivity index (χ0v) is 28.4. The van der Waals surface area contributed by atoms with Crippen molar-refractivity contribution in [2.45, 2.75) is 36.1 Å². The van der Waals surface area contributed by atoms with Crippen molar-refractivity contribution >= 4 is 58.2 Å². The molecule has 3 fully saturated rings. The van der Waals surface area contributed by atoms with Crippen molar-refractivity contribution in [1.82, 2.24) is 4.98 Å². The number of thioether (sulfide) groups is 1. The lowest BCUT2D eigenvalue weighted by Gasteiger charge is -2.43. The van der Waals surface area contributed by atoms with Gasteiger partial charge < -0.3 is 19.2 Å². The number of ether oxygens (including phenoxy) is 3. The molecule has 1 saturated heterocycles. The molecule has 2 saturated carbocycles. The summed E-state index contributed by atoms with van der Waals surface area (Å²) in [4.78, 5) is 58.2. The fourth-order valence-corrected chi connectivity index (χ4v) is 11.4. The van der Waals surface area contributed by atoms with Gasteiger partial charge >= 0.3 is 10.8 Å². The number of nitrogens with zero attached hydrogens (tertiary/aromatic N) is 1. The number of hydrogen-bond donors (Lipinski definition) is 1. The summed E-state index contributed by atoms with van der Waals surface area (Å²) in [6, 6.07) is 19.8. The molecule has 2 amide bonds. The largest absolute Gasteiger partial charge is 0.493 e. The summed E-state index contributed by atoms with van der Waals surface area (Å²) < 4.78 is 17.0. The number of methoxy groups -OCH3 is 1. The Morgan fingerprint density at radius 2 is 1.69 bits per heavy atom. The first-order chi connectivity index (χ1) is 23.3. The number of halogens is 1. The summed E-state index contributed by atoms with van der Waals surface area (Å²) in [7, 11) is 1.60. The number of H-pyrrole nitrogens is 1. The van der Waals surface area contributed by atoms with Crippen molar-refractivity contribution in [3.05, 3.63) is 103 Å². The Hall–Kier alpha value is -4.06. The van der Waals surface area contributed by atoms with Crippen LogP contribution < -0.4 is 19.2 Å². The van der Waals surface area contributed by atoms with Gasteiger partial charge in [0, 0.05) is 21.1 Å². The Labute approximate surface area is 289 Å². The van der Waals surface area contributed by atoms with Gasteiger partial charge in [0.2, 0.25) is 11.8 Å². The Morgan fingerprint density at radius 1 is 0.958 bits per heavy atom. The van der Waals surface area contributed by atoms with Gasteiger partial charge in [0.15, 0.2) is 11.5 Å². The monoisotopic (exact) mass is 702 g/mol. The van der Waals surface area contributed by atoms with Crippen LogP contribution in [0.15, 0.2) is 76.6 Å². The molecule has 4 aliphatic rings. The lowest BCUT2D eigenvalue weighted by Crippen LogP contribution is -2.42. The highest BCUT2D eigenvalue weighted by atomic mass is 35.5. The number of anilines is 1. The van der Waals surface area contributed by atoms with Crippen LogP contribution in [-0.4, -0.2) is 41.7 Å². The van der Waals surface area contributed by atoms with Crippen LogP contribution in [0.25, 0.3) is 0 Å². The van der Waals surface area contributed by atoms with Gasteiger partial charge in [-0.25, -0.2) is 4.79 Å². The van der Waals surface area contributed by atoms with E-state index in [1.165, 1.54) is 16.2 Å². The zero-order valence-electron chi connectivity index (χ0n) is 26.0. The molecule has 2 aliphatic heterocycles. The van der Waals surface area contributed by atoms with Gasteiger partial charge in [-0.1, -0.05) is 41.1 Å². The summed E-state index contributed by atoms with van der Waals surface area (Å²) in [5.41, 5.74) is 2.77. The van der Waals surface area contributed by atoms with Crippen LogP contribution >= 0.6 is 34.7 Å². The van der Waals surface area contributed by atoms with E-state index >= 15 is 0 Å². The van der Waals surface area contributed by atoms with Gasteiger partial charge in [0.1, 0.15) is 6.61 Å². The number of carbonyl (C=O) groups excluding carboxylic acids is 3. The quantitative estimate of drug-likeness (QED) is 0.163. The number of thiazole rings is 1. The van der Waals surface area contributed by atoms with E-state index in [-0.39, 0.29) is 52.2 Å². The number of esters is 1. The number of fused-ring (bicyclic) bond motifs is 9. The van der Waals surface area contributed by atoms with Crippen molar-refractivity contribution in [3.63, 3.8) is 0 Å². The maximum absolute atomic E-state index is 14.1. The molecule has 3 aromatic carbocycles. The first-order valence-corrected chi connectivity index (χ1v) is 17.9. The molecule has 4 aromatic rings. The molecule has 0 spiro atoms. The fraction of sp³-hybridized carbons (Fsp3) is 0.333. The number of aromatic nitrogens is 1. The van der Waals surface area contributed by atoms with Gasteiger partial charge in [-0.2, -0.15) is 0 Å². The third kappa shape index (κ3) is 4.97. The van der Waals surface area contributed by atoms with Crippen LogP contribution in [0.1, 0.15) is 45.6 Å². The van der Waals surface area contributed by atoms with E-state index in [1.807, 2.05) is 42.5 Å². The Morgan fingerprint density at radius 3 is 2.40 bits per heavy atom. The molecule has 1 aromatic heterocycles. The normalized spacial score (nSPS) is 26.6. The topological polar surface area (TPSA) is 115 Å². The summed E-state index contributed by atoms with van der Waals surface area (Å²) >= 11 is 8.89. The molecular formula is C36H31ClN2O7S2. The minimum Gasteiger partial charge on any atom is -0.493 e. The average molecular weight is 703 g/mol. The Balaban J connectivity index is 1.11. The van der Waals surface area contributed by atoms with E-state index in [2.05, 4.69) is 4.98 Å². The number of rotatable bonds is 8. The molecule has 12 heteroatoms. The summed E-state index contributed by atoms with van der Waals surface area (Å²) in [5, 5.41) is 1.54. The lowest BCUT2D eigenvalue weighted by molar-refractivity contribution is -0.123. The van der Waals surface area contributed by atoms with Gasteiger partial charge in [-0.05, 0) is 90.8 Å². The standard InChI is InChI=1S/C36H31ClN2O7S2/c1-3-45-35(42)18-6-11-21(12-7-18)39-33(40)28-22-15-23(29(28)34(39)41)30-27(22)26(31-32(47-30)38-36(43)48-31)19-8-13-24(25(14-19)44-2)46-16-17-4-9-20(37)10-5-17/h4-14,22-23,26-30H,3,15-16H2,1-2H3,(H,38,43)/t22?,23?,26-,27?,28?,29?,30?/m1/s1. The molecular weight excluding hydrogens is 672 g/mol. The molecule has 2 bridgehead atoms. The Bertz CT molecular complexity index is 1990. The number of benzene rings is 3. The van der Waals surface area contributed by atoms with Crippen molar-refractivity contribution in [2.75, 3.05) is 18.6 Å². The highest BCUT2D eigenvalue weighted by Crippen LogP contribution is 2.68. The van der Waals surface area contributed by atoms with Crippen molar-refractivity contribution in [3.8, 4) is 11.5 Å². The molecule has 9 nitrogen and oxygen atoms in total. The molecule has 6 unspecified atom stereocenters. The first-order valence-electron chi connectivity index (χ1n) is 15.9. The molecule has 3 heterocycles. The molecule has 8 rings (SSSR count). The van der Waals surface area contributed by atoms with E-state index in [4.69, 9.17) is 25.8 Å². The molecule has 7 atom stereocenters. The molecule has 1 N–H and O–H groups in total. The van der Waals surface area contributed by atoms with Crippen LogP contribution in [0.3, 0.4) is 0 Å². The summed E-state index contributed by atoms with van der Waals surface area (Å²) in [6.45, 7) is 2.33. The number of carbonyl (C=O) groups is 3. The predicted octanol–water partition coefficient (Wildman–Crippen LogP) is 6.53. The minimum atomic E-state index is -0.450. The second kappa shape index (κ2) is 12.1. The zero-order chi connectivity index (χ0) is 33.3. The molecule has 0 radical (unpaired) electrons. The van der Waals surface area contributed by atoms with E-state index < -0.39 is 17.8 Å². The number of hydrogen-bond acceptors (Lipinski definition) is 9. The van der Waals surface area contributed by atoms with Crippen molar-refractivity contribution in [2.24, 2.45) is 29.6 Å². The van der Waals surface area contributed by atoms with Crippen molar-refractivity contribution in [1.29, 1.82) is 0 Å². The molecule has 2 aliphatic carbocycles.